The fraction of sp³-hybridized carbons (Fsp3) is 0.579. The summed E-state index contributed by atoms with van der Waals surface area (Å²) in [4.78, 5) is 24.4. The Balaban J connectivity index is 2.01. The van der Waals surface area contributed by atoms with Crippen molar-refractivity contribution in [3.8, 4) is 0 Å². The smallest absolute Gasteiger partial charge is 0.263 e. The third kappa shape index (κ3) is 4.01. The third-order valence-corrected chi connectivity index (χ3v) is 6.69. The lowest BCUT2D eigenvalue weighted by atomic mass is 9.96. The first-order chi connectivity index (χ1) is 13.1. The van der Waals surface area contributed by atoms with Crippen LogP contribution in [0, 0.1) is 13.8 Å². The van der Waals surface area contributed by atoms with Crippen LogP contribution in [0.25, 0.3) is 10.2 Å². The average molecular weight is 423 g/mol. The Morgan fingerprint density at radius 2 is 2.00 bits per heavy atom. The minimum Gasteiger partial charge on any atom is -0.383 e. The Hall–Kier alpha value is -1.71. The molecule has 3 rings (SSSR count). The van der Waals surface area contributed by atoms with E-state index in [0.29, 0.717) is 35.4 Å². The van der Waals surface area contributed by atoms with Crippen molar-refractivity contribution in [2.24, 2.45) is 0 Å². The molecule has 0 aliphatic carbocycles. The van der Waals surface area contributed by atoms with E-state index in [0.717, 1.165) is 15.3 Å². The summed E-state index contributed by atoms with van der Waals surface area (Å²) < 4.78 is 12.4. The number of methoxy groups -OCH3 is 1. The van der Waals surface area contributed by atoms with Gasteiger partial charge in [-0.1, -0.05) is 37.7 Å². The predicted molar refractivity (Wildman–Crippen MR) is 113 cm³/mol. The van der Waals surface area contributed by atoms with Crippen molar-refractivity contribution >= 4 is 33.3 Å². The highest BCUT2D eigenvalue weighted by molar-refractivity contribution is 7.99. The quantitative estimate of drug-likeness (QED) is 0.434. The molecule has 0 aliphatic heterocycles. The van der Waals surface area contributed by atoms with Crippen molar-refractivity contribution in [1.29, 1.82) is 0 Å². The molecule has 0 saturated carbocycles. The topological polar surface area (TPSA) is 83.0 Å². The van der Waals surface area contributed by atoms with E-state index in [1.54, 1.807) is 23.0 Å². The number of rotatable bonds is 6. The van der Waals surface area contributed by atoms with Crippen molar-refractivity contribution in [3.05, 3.63) is 32.5 Å². The normalized spacial score (nSPS) is 13.4. The van der Waals surface area contributed by atoms with Crippen LogP contribution in [0.1, 0.15) is 55.1 Å². The minimum absolute atomic E-state index is 0.0282. The highest BCUT2D eigenvalue weighted by Gasteiger charge is 2.25. The summed E-state index contributed by atoms with van der Waals surface area (Å²) in [7, 11) is 1.62. The lowest BCUT2D eigenvalue weighted by molar-refractivity contribution is 0.183. The molecule has 1 atom stereocenters. The van der Waals surface area contributed by atoms with Gasteiger partial charge in [0.25, 0.3) is 5.56 Å². The lowest BCUT2D eigenvalue weighted by Crippen LogP contribution is -2.25. The highest BCUT2D eigenvalue weighted by Crippen LogP contribution is 2.35. The summed E-state index contributed by atoms with van der Waals surface area (Å²) in [5.41, 5.74) is 0.787. The van der Waals surface area contributed by atoms with Crippen LogP contribution in [0.3, 0.4) is 0 Å². The molecule has 7 nitrogen and oxygen atoms in total. The molecule has 0 aromatic carbocycles. The van der Waals surface area contributed by atoms with Crippen LogP contribution in [0.5, 0.6) is 0 Å². The molecule has 3 aromatic rings. The molecular formula is C19H26N4O3S2. The van der Waals surface area contributed by atoms with E-state index in [4.69, 9.17) is 14.2 Å². The number of hydrogen-bond acceptors (Lipinski definition) is 8. The Morgan fingerprint density at radius 3 is 2.61 bits per heavy atom. The summed E-state index contributed by atoms with van der Waals surface area (Å²) in [5.74, 6) is 1.20. The second kappa shape index (κ2) is 7.96. The van der Waals surface area contributed by atoms with Crippen molar-refractivity contribution in [2.75, 3.05) is 13.7 Å². The second-order valence-corrected chi connectivity index (χ2v) is 10.3. The predicted octanol–water partition coefficient (Wildman–Crippen LogP) is 4.26. The zero-order valence-corrected chi connectivity index (χ0v) is 19.0. The van der Waals surface area contributed by atoms with Gasteiger partial charge in [-0.15, -0.1) is 11.3 Å². The van der Waals surface area contributed by atoms with Gasteiger partial charge in [0.2, 0.25) is 5.89 Å². The van der Waals surface area contributed by atoms with Gasteiger partial charge >= 0.3 is 0 Å². The van der Waals surface area contributed by atoms with Gasteiger partial charge in [0.1, 0.15) is 4.83 Å². The Labute approximate surface area is 172 Å². The van der Waals surface area contributed by atoms with Crippen LogP contribution in [0.4, 0.5) is 0 Å². The molecule has 0 fully saturated rings. The number of aromatic nitrogens is 4. The van der Waals surface area contributed by atoms with Crippen LogP contribution in [0.2, 0.25) is 0 Å². The van der Waals surface area contributed by atoms with Gasteiger partial charge in [0.05, 0.1) is 23.8 Å². The van der Waals surface area contributed by atoms with Gasteiger partial charge in [-0.25, -0.2) is 4.98 Å². The Kier molecular flexibility index (Phi) is 5.97. The number of thioether (sulfide) groups is 1. The van der Waals surface area contributed by atoms with Crippen LogP contribution in [0.15, 0.2) is 14.5 Å². The fourth-order valence-corrected chi connectivity index (χ4v) is 4.73. The molecule has 3 aromatic heterocycles. The molecule has 152 valence electrons. The number of aryl methyl sites for hydroxylation is 2. The van der Waals surface area contributed by atoms with E-state index in [9.17, 15) is 4.79 Å². The second-order valence-electron chi connectivity index (χ2n) is 7.77. The maximum atomic E-state index is 13.2. The van der Waals surface area contributed by atoms with E-state index in [-0.39, 0.29) is 16.2 Å². The zero-order chi connectivity index (χ0) is 20.6. The molecule has 0 amide bonds. The summed E-state index contributed by atoms with van der Waals surface area (Å²) in [5, 5.41) is 5.30. The Morgan fingerprint density at radius 1 is 1.29 bits per heavy atom. The molecule has 0 aliphatic rings. The molecule has 0 spiro atoms. The number of fused-ring (bicyclic) bond motifs is 1. The highest BCUT2D eigenvalue weighted by atomic mass is 32.2. The largest absolute Gasteiger partial charge is 0.383 e. The monoisotopic (exact) mass is 422 g/mol. The molecule has 9 heteroatoms. The molecule has 3 heterocycles. The van der Waals surface area contributed by atoms with Crippen LogP contribution in [-0.4, -0.2) is 33.4 Å². The number of thiophene rings is 1. The van der Waals surface area contributed by atoms with Gasteiger partial charge < -0.3 is 9.26 Å². The Bertz CT molecular complexity index is 1050. The maximum absolute atomic E-state index is 13.2. The maximum Gasteiger partial charge on any atom is 0.263 e. The molecule has 0 N–H and O–H groups in total. The molecule has 0 saturated heterocycles. The molecule has 0 radical (unpaired) electrons. The van der Waals surface area contributed by atoms with E-state index in [1.165, 1.54) is 11.8 Å². The zero-order valence-electron chi connectivity index (χ0n) is 17.3. The molecule has 0 unspecified atom stereocenters. The first kappa shape index (κ1) is 21.0. The summed E-state index contributed by atoms with van der Waals surface area (Å²) in [6.45, 7) is 13.0. The lowest BCUT2D eigenvalue weighted by Gasteiger charge is -2.14. The SMILES string of the molecule is COCCn1c(S[C@H](C)c2nc(C(C)(C)C)no2)nc2sc(C)c(C)c2c1=O. The third-order valence-electron chi connectivity index (χ3n) is 4.52. The van der Waals surface area contributed by atoms with Crippen molar-refractivity contribution < 1.29 is 9.26 Å². The average Bonchev–Trinajstić information content (AvgIpc) is 3.20. The fourth-order valence-electron chi connectivity index (χ4n) is 2.69. The molecule has 28 heavy (non-hydrogen) atoms. The van der Waals surface area contributed by atoms with Gasteiger partial charge in [0, 0.05) is 17.4 Å². The number of nitrogens with zero attached hydrogens (tertiary/aromatic N) is 4. The first-order valence-corrected chi connectivity index (χ1v) is 10.8. The number of hydrogen-bond donors (Lipinski definition) is 0. The first-order valence-electron chi connectivity index (χ1n) is 9.13. The summed E-state index contributed by atoms with van der Waals surface area (Å²) >= 11 is 3.00. The van der Waals surface area contributed by atoms with E-state index < -0.39 is 0 Å². The minimum atomic E-state index is -0.185. The van der Waals surface area contributed by atoms with Gasteiger partial charge in [-0.2, -0.15) is 4.98 Å². The summed E-state index contributed by atoms with van der Waals surface area (Å²) in [6.07, 6.45) is 0. The molecule has 0 bridgehead atoms. The molecular weight excluding hydrogens is 396 g/mol. The van der Waals surface area contributed by atoms with Crippen molar-refractivity contribution in [1.82, 2.24) is 19.7 Å². The standard InChI is InChI=1S/C19H26N4O3S2/c1-10-11(2)27-15-13(10)16(24)23(8-9-25-7)18(21-15)28-12(3)14-20-17(22-26-14)19(4,5)6/h12H,8-9H2,1-7H3/t12-/m1/s1. The van der Waals surface area contributed by atoms with Gasteiger partial charge in [0.15, 0.2) is 11.0 Å². The van der Waals surface area contributed by atoms with E-state index in [2.05, 4.69) is 10.1 Å². The van der Waals surface area contributed by atoms with E-state index >= 15 is 0 Å². The van der Waals surface area contributed by atoms with Crippen molar-refractivity contribution in [3.63, 3.8) is 0 Å². The van der Waals surface area contributed by atoms with Gasteiger partial charge in [-0.05, 0) is 26.3 Å². The van der Waals surface area contributed by atoms with Gasteiger partial charge in [-0.3, -0.25) is 9.36 Å². The number of ether oxygens (including phenoxy) is 1. The van der Waals surface area contributed by atoms with E-state index in [1.807, 2.05) is 41.5 Å². The van der Waals surface area contributed by atoms with Crippen molar-refractivity contribution in [2.45, 2.75) is 63.9 Å². The van der Waals surface area contributed by atoms with Crippen LogP contribution < -0.4 is 5.56 Å². The van der Waals surface area contributed by atoms with Crippen LogP contribution >= 0.6 is 23.1 Å². The van der Waals surface area contributed by atoms with Crippen LogP contribution in [-0.2, 0) is 16.7 Å². The summed E-state index contributed by atoms with van der Waals surface area (Å²) in [6, 6.07) is 0.